The fourth-order valence-corrected chi connectivity index (χ4v) is 4.35. The van der Waals surface area contributed by atoms with Gasteiger partial charge in [0.25, 0.3) is 0 Å². The van der Waals surface area contributed by atoms with E-state index in [4.69, 9.17) is 18.9 Å². The van der Waals surface area contributed by atoms with Gasteiger partial charge in [0, 0.05) is 37.5 Å². The monoisotopic (exact) mass is 392 g/mol. The topological polar surface area (TPSA) is 91.3 Å². The average molecular weight is 392 g/mol. The van der Waals surface area contributed by atoms with Crippen molar-refractivity contribution in [3.05, 3.63) is 36.0 Å². The van der Waals surface area contributed by atoms with Gasteiger partial charge in [-0.15, -0.1) is 0 Å². The van der Waals surface area contributed by atoms with Crippen LogP contribution >= 0.6 is 0 Å². The molecule has 0 unspecified atom stereocenters. The molecule has 0 saturated carbocycles. The number of aliphatic hydroxyl groups is 1. The van der Waals surface area contributed by atoms with Gasteiger partial charge in [-0.05, 0) is 26.3 Å². The highest BCUT2D eigenvalue weighted by molar-refractivity contribution is 5.91. The highest BCUT2D eigenvalue weighted by Crippen LogP contribution is 2.50. The largest absolute Gasteiger partial charge is 0.458 e. The molecule has 7 heteroatoms. The summed E-state index contributed by atoms with van der Waals surface area (Å²) in [6, 6.07) is 0. The minimum Gasteiger partial charge on any atom is -0.458 e. The molecule has 0 amide bonds. The lowest BCUT2D eigenvalue weighted by Gasteiger charge is -2.35. The summed E-state index contributed by atoms with van der Waals surface area (Å²) in [4.78, 5) is 24.7. The number of rotatable bonds is 3. The second-order valence-electron chi connectivity index (χ2n) is 8.05. The Hall–Kier alpha value is -1.96. The molecule has 1 N–H and O–H groups in total. The van der Waals surface area contributed by atoms with Gasteiger partial charge < -0.3 is 24.1 Å². The van der Waals surface area contributed by atoms with Crippen LogP contribution in [0.5, 0.6) is 0 Å². The smallest absolute Gasteiger partial charge is 0.334 e. The van der Waals surface area contributed by atoms with E-state index in [1.54, 1.807) is 34.0 Å². The third-order valence-corrected chi connectivity index (χ3v) is 6.17. The average Bonchev–Trinajstić information content (AvgIpc) is 3.07. The molecule has 0 aliphatic carbocycles. The molecule has 0 aromatic rings. The molecule has 3 aliphatic rings. The first-order valence-corrected chi connectivity index (χ1v) is 9.42. The van der Waals surface area contributed by atoms with Crippen LogP contribution in [0.4, 0.5) is 0 Å². The van der Waals surface area contributed by atoms with Crippen LogP contribution in [0.2, 0.25) is 0 Å². The predicted octanol–water partition coefficient (Wildman–Crippen LogP) is 2.19. The molecule has 154 valence electrons. The van der Waals surface area contributed by atoms with Crippen LogP contribution in [0.25, 0.3) is 0 Å². The Morgan fingerprint density at radius 3 is 2.64 bits per heavy atom. The van der Waals surface area contributed by atoms with Gasteiger partial charge in [0.05, 0.1) is 17.6 Å². The molecule has 0 aromatic heterocycles. The predicted molar refractivity (Wildman–Crippen MR) is 100 cm³/mol. The van der Waals surface area contributed by atoms with E-state index < -0.39 is 47.6 Å². The molecule has 0 spiro atoms. The van der Waals surface area contributed by atoms with Crippen LogP contribution in [0.15, 0.2) is 36.0 Å². The summed E-state index contributed by atoms with van der Waals surface area (Å²) in [5.74, 6) is -3.17. The van der Waals surface area contributed by atoms with Gasteiger partial charge >= 0.3 is 11.9 Å². The fraction of sp³-hybridized carbons (Fsp3) is 0.619. The molecule has 3 saturated heterocycles. The first-order chi connectivity index (χ1) is 13.0. The number of methoxy groups -OCH3 is 1. The van der Waals surface area contributed by atoms with E-state index in [0.717, 1.165) is 0 Å². The van der Waals surface area contributed by atoms with Crippen molar-refractivity contribution >= 4 is 11.9 Å². The Bertz CT molecular complexity index is 754. The maximum atomic E-state index is 12.5. The lowest BCUT2D eigenvalue weighted by atomic mass is 9.79. The van der Waals surface area contributed by atoms with Crippen LogP contribution < -0.4 is 0 Å². The van der Waals surface area contributed by atoms with Gasteiger partial charge in [0.15, 0.2) is 5.79 Å². The molecular formula is C21H28O7. The molecule has 0 radical (unpaired) electrons. The summed E-state index contributed by atoms with van der Waals surface area (Å²) >= 11 is 0. The third kappa shape index (κ3) is 3.32. The molecule has 2 bridgehead atoms. The molecule has 0 aromatic carbocycles. The summed E-state index contributed by atoms with van der Waals surface area (Å²) in [6.07, 6.45) is 0.429. The zero-order valence-electron chi connectivity index (χ0n) is 16.8. The second kappa shape index (κ2) is 7.13. The van der Waals surface area contributed by atoms with Gasteiger partial charge in [-0.2, -0.15) is 0 Å². The maximum absolute atomic E-state index is 12.5. The van der Waals surface area contributed by atoms with E-state index in [2.05, 4.69) is 13.2 Å². The van der Waals surface area contributed by atoms with Crippen molar-refractivity contribution in [2.24, 2.45) is 5.92 Å². The van der Waals surface area contributed by atoms with Gasteiger partial charge in [-0.3, -0.25) is 0 Å². The van der Waals surface area contributed by atoms with Gasteiger partial charge in [-0.1, -0.05) is 19.2 Å². The number of hydrogen-bond acceptors (Lipinski definition) is 7. The van der Waals surface area contributed by atoms with Crippen LogP contribution in [-0.2, 0) is 28.5 Å². The van der Waals surface area contributed by atoms with Gasteiger partial charge in [0.1, 0.15) is 12.2 Å². The van der Waals surface area contributed by atoms with Crippen molar-refractivity contribution in [2.45, 2.75) is 69.7 Å². The van der Waals surface area contributed by atoms with Crippen molar-refractivity contribution in [3.63, 3.8) is 0 Å². The summed E-state index contributed by atoms with van der Waals surface area (Å²) in [5, 5.41) is 11.1. The van der Waals surface area contributed by atoms with Crippen LogP contribution in [0.1, 0.15) is 40.0 Å². The summed E-state index contributed by atoms with van der Waals surface area (Å²) in [6.45, 7) is 13.1. The molecule has 28 heavy (non-hydrogen) atoms. The molecule has 3 aliphatic heterocycles. The molecule has 7 nitrogen and oxygen atoms in total. The van der Waals surface area contributed by atoms with Gasteiger partial charge in [0.2, 0.25) is 0 Å². The van der Waals surface area contributed by atoms with E-state index in [1.165, 1.54) is 0 Å². The number of allylic oxidation sites excluding steroid dienone is 1. The first-order valence-electron chi connectivity index (χ1n) is 9.42. The minimum atomic E-state index is -1.60. The normalized spacial score (nSPS) is 41.0. The molecule has 6 atom stereocenters. The van der Waals surface area contributed by atoms with Crippen molar-refractivity contribution < 1.29 is 33.6 Å². The highest BCUT2D eigenvalue weighted by atomic mass is 16.7. The lowest BCUT2D eigenvalue weighted by Crippen LogP contribution is -2.45. The lowest BCUT2D eigenvalue weighted by molar-refractivity contribution is -0.209. The number of ether oxygens (including phenoxy) is 4. The Labute approximate surface area is 165 Å². The van der Waals surface area contributed by atoms with Crippen LogP contribution in [0, 0.1) is 5.92 Å². The minimum absolute atomic E-state index is 0.176. The Morgan fingerprint density at radius 1 is 1.36 bits per heavy atom. The zero-order chi connectivity index (χ0) is 20.9. The van der Waals surface area contributed by atoms with Crippen LogP contribution in [0.3, 0.4) is 0 Å². The van der Waals surface area contributed by atoms with Crippen LogP contribution in [-0.4, -0.2) is 53.9 Å². The third-order valence-electron chi connectivity index (χ3n) is 6.17. The number of fused-ring (bicyclic) bond motifs is 3. The Kier molecular flexibility index (Phi) is 5.29. The molecule has 3 fully saturated rings. The molecular weight excluding hydrogens is 364 g/mol. The molecule has 3 heterocycles. The quantitative estimate of drug-likeness (QED) is 0.447. The summed E-state index contributed by atoms with van der Waals surface area (Å²) in [5.41, 5.74) is 0.139. The zero-order valence-corrected chi connectivity index (χ0v) is 16.8. The maximum Gasteiger partial charge on any atom is 0.334 e. The number of esters is 2. The fourth-order valence-electron chi connectivity index (χ4n) is 4.35. The summed E-state index contributed by atoms with van der Waals surface area (Å²) in [7, 11) is 1.54. The number of carbonyl (C=O) groups excluding carboxylic acids is 2. The van der Waals surface area contributed by atoms with Gasteiger partial charge in [-0.25, -0.2) is 9.59 Å². The van der Waals surface area contributed by atoms with Crippen molar-refractivity contribution in [3.8, 4) is 0 Å². The Balaban J connectivity index is 2.04. The SMILES string of the molecule is C=C1C(=O)O[C@H]2CC(=C)[C@]3(O)C[C@@H](OC)[C@](C)(C[C@@H](OC(=O)/C(C)=C\C)[C@@H]12)O3. The van der Waals surface area contributed by atoms with E-state index in [9.17, 15) is 14.7 Å². The standard InChI is InChI=1S/C21H28O7/c1-7-11(2)18(22)27-15-9-20(5)16(25-6)10-21(24,28-20)12(3)8-14-17(15)13(4)19(23)26-14/h7,14-17,24H,3-4,8-10H2,1-2,5-6H3/b11-7-/t14-,15+,16+,17-,20-,21-/m0/s1. The van der Waals surface area contributed by atoms with Crippen molar-refractivity contribution in [2.75, 3.05) is 7.11 Å². The Morgan fingerprint density at radius 2 is 2.04 bits per heavy atom. The highest BCUT2D eigenvalue weighted by Gasteiger charge is 2.59. The summed E-state index contributed by atoms with van der Waals surface area (Å²) < 4.78 is 22.9. The van der Waals surface area contributed by atoms with Crippen molar-refractivity contribution in [1.82, 2.24) is 0 Å². The van der Waals surface area contributed by atoms with E-state index in [-0.39, 0.29) is 24.8 Å². The number of carbonyl (C=O) groups is 2. The van der Waals surface area contributed by atoms with Crippen molar-refractivity contribution in [1.29, 1.82) is 0 Å². The van der Waals surface area contributed by atoms with E-state index in [1.807, 2.05) is 0 Å². The van der Waals surface area contributed by atoms with E-state index in [0.29, 0.717) is 11.1 Å². The molecule has 3 rings (SSSR count). The number of hydrogen-bond donors (Lipinski definition) is 1. The first kappa shape index (κ1) is 20.8. The van der Waals surface area contributed by atoms with E-state index >= 15 is 0 Å². The second-order valence-corrected chi connectivity index (χ2v) is 8.05.